The van der Waals surface area contributed by atoms with Crippen molar-refractivity contribution in [1.82, 2.24) is 23.3 Å². The van der Waals surface area contributed by atoms with Crippen molar-refractivity contribution in [3.05, 3.63) is 40.7 Å². The first kappa shape index (κ1) is 26.6. The molecule has 3 aliphatic rings. The van der Waals surface area contributed by atoms with E-state index in [4.69, 9.17) is 10.8 Å². The second-order valence-electron chi connectivity index (χ2n) is 11.5. The van der Waals surface area contributed by atoms with Gasteiger partial charge in [-0.1, -0.05) is 0 Å². The smallest absolute Gasteiger partial charge is 0.281 e. The van der Waals surface area contributed by atoms with Gasteiger partial charge in [0.1, 0.15) is 0 Å². The monoisotopic (exact) mass is 543 g/mol. The van der Waals surface area contributed by atoms with Crippen molar-refractivity contribution in [2.45, 2.75) is 58.0 Å². The third-order valence-electron chi connectivity index (χ3n) is 7.90. The number of carbonyl (C=O) groups is 2. The number of nitrogens with zero attached hydrogens (tertiary/aromatic N) is 5. The Morgan fingerprint density at radius 1 is 1.24 bits per heavy atom. The minimum absolute atomic E-state index is 0.0205. The molecule has 2 aliphatic heterocycles. The average molecular weight is 544 g/mol. The zero-order chi connectivity index (χ0) is 27.6. The number of rotatable bonds is 8. The van der Waals surface area contributed by atoms with Crippen LogP contribution in [0.5, 0.6) is 0 Å². The number of anilines is 1. The number of nitrogens with one attached hydrogen (secondary N) is 1. The van der Waals surface area contributed by atoms with E-state index in [2.05, 4.69) is 19.2 Å². The number of hydrogen-bond acceptors (Lipinski definition) is 6. The van der Waals surface area contributed by atoms with E-state index >= 15 is 0 Å². The summed E-state index contributed by atoms with van der Waals surface area (Å²) in [5.74, 6) is 0.0250. The zero-order valence-corrected chi connectivity index (χ0v) is 23.5. The van der Waals surface area contributed by atoms with Crippen LogP contribution in [-0.4, -0.2) is 88.8 Å². The van der Waals surface area contributed by atoms with Crippen LogP contribution in [0.15, 0.2) is 18.2 Å². The predicted octanol–water partition coefficient (Wildman–Crippen LogP) is 1.76. The normalized spacial score (nSPS) is 21.7. The first-order valence-electron chi connectivity index (χ1n) is 13.1. The van der Waals surface area contributed by atoms with Crippen LogP contribution >= 0.6 is 0 Å². The highest BCUT2D eigenvalue weighted by Crippen LogP contribution is 2.38. The Kier molecular flexibility index (Phi) is 6.56. The summed E-state index contributed by atoms with van der Waals surface area (Å²) in [5, 5.41) is 8.10. The number of amides is 2. The minimum Gasteiger partial charge on any atom is -0.380 e. The summed E-state index contributed by atoms with van der Waals surface area (Å²) >= 11 is 0. The molecule has 3 heterocycles. The molecule has 1 atom stereocenters. The Balaban J connectivity index is 1.47. The summed E-state index contributed by atoms with van der Waals surface area (Å²) in [5.41, 5.74) is 9.04. The Morgan fingerprint density at radius 2 is 1.95 bits per heavy atom. The van der Waals surface area contributed by atoms with Gasteiger partial charge >= 0.3 is 0 Å². The summed E-state index contributed by atoms with van der Waals surface area (Å²) in [6.07, 6.45) is 3.59. The molecule has 2 amide bonds. The summed E-state index contributed by atoms with van der Waals surface area (Å²) < 4.78 is 29.5. The van der Waals surface area contributed by atoms with Gasteiger partial charge in [0.2, 0.25) is 0 Å². The maximum Gasteiger partial charge on any atom is 0.281 e. The standard InChI is InChI=1S/C26H37N7O4S/c1-16-23-22(13-26(2,3)32(25(23)35)14-17-6-7-17)33(29-16)19-8-9-20(24(27)34)21(12-19)28-18-10-11-31(15-18)38(36,37)30(4)5/h8-9,12,17-18,28H,6-7,10-11,13-15H2,1-5H3,(H2,27,34)/t18-/m0/s1. The Hall–Kier alpha value is -2.96. The van der Waals surface area contributed by atoms with Gasteiger partial charge in [-0.25, -0.2) is 4.68 Å². The minimum atomic E-state index is -3.53. The van der Waals surface area contributed by atoms with Crippen molar-refractivity contribution >= 4 is 27.7 Å². The highest BCUT2D eigenvalue weighted by molar-refractivity contribution is 7.86. The van der Waals surface area contributed by atoms with Crippen LogP contribution in [0.2, 0.25) is 0 Å². The second-order valence-corrected chi connectivity index (χ2v) is 13.7. The molecule has 1 aliphatic carbocycles. The molecule has 0 radical (unpaired) electrons. The zero-order valence-electron chi connectivity index (χ0n) is 22.7. The van der Waals surface area contributed by atoms with E-state index in [1.54, 1.807) is 16.8 Å². The highest BCUT2D eigenvalue weighted by Gasteiger charge is 2.43. The molecule has 1 aromatic carbocycles. The van der Waals surface area contributed by atoms with E-state index in [0.29, 0.717) is 53.5 Å². The van der Waals surface area contributed by atoms with Crippen molar-refractivity contribution in [3.8, 4) is 5.69 Å². The number of benzene rings is 1. The lowest BCUT2D eigenvalue weighted by molar-refractivity contribution is 0.0487. The lowest BCUT2D eigenvalue weighted by atomic mass is 9.87. The van der Waals surface area contributed by atoms with Crippen LogP contribution in [0.4, 0.5) is 5.69 Å². The van der Waals surface area contributed by atoms with Gasteiger partial charge in [0.25, 0.3) is 22.0 Å². The van der Waals surface area contributed by atoms with Crippen molar-refractivity contribution in [1.29, 1.82) is 0 Å². The molecule has 11 nitrogen and oxygen atoms in total. The number of primary amides is 1. The first-order chi connectivity index (χ1) is 17.8. The van der Waals surface area contributed by atoms with Gasteiger partial charge in [-0.05, 0) is 64.2 Å². The molecule has 5 rings (SSSR count). The van der Waals surface area contributed by atoms with Crippen LogP contribution in [0.1, 0.15) is 65.2 Å². The molecule has 0 bridgehead atoms. The molecule has 3 N–H and O–H groups in total. The molecule has 0 unspecified atom stereocenters. The molecule has 0 spiro atoms. The van der Waals surface area contributed by atoms with E-state index < -0.39 is 16.1 Å². The number of nitrogens with two attached hydrogens (primary N) is 1. The molecule has 12 heteroatoms. The number of carbonyl (C=O) groups excluding carboxylic acids is 2. The molecule has 38 heavy (non-hydrogen) atoms. The quantitative estimate of drug-likeness (QED) is 0.521. The fraction of sp³-hybridized carbons (Fsp3) is 0.577. The Morgan fingerprint density at radius 3 is 2.58 bits per heavy atom. The van der Waals surface area contributed by atoms with Crippen molar-refractivity contribution in [2.75, 3.05) is 39.0 Å². The summed E-state index contributed by atoms with van der Waals surface area (Å²) in [4.78, 5) is 27.9. The number of aromatic nitrogens is 2. The van der Waals surface area contributed by atoms with Gasteiger partial charge in [-0.15, -0.1) is 0 Å². The molecule has 1 saturated heterocycles. The summed E-state index contributed by atoms with van der Waals surface area (Å²) in [6, 6.07) is 5.05. The van der Waals surface area contributed by atoms with E-state index in [9.17, 15) is 18.0 Å². The third-order valence-corrected chi connectivity index (χ3v) is 9.80. The molecule has 206 valence electrons. The first-order valence-corrected chi connectivity index (χ1v) is 14.5. The fourth-order valence-electron chi connectivity index (χ4n) is 5.54. The van der Waals surface area contributed by atoms with Gasteiger partial charge in [0.05, 0.1) is 28.2 Å². The van der Waals surface area contributed by atoms with Crippen molar-refractivity contribution in [2.24, 2.45) is 11.7 Å². The van der Waals surface area contributed by atoms with E-state index in [1.165, 1.54) is 35.5 Å². The SMILES string of the molecule is Cc1nn(-c2ccc(C(N)=O)c(N[C@H]3CCN(S(=O)(=O)N(C)C)C3)c2)c2c1C(=O)N(CC1CC1)C(C)(C)C2. The van der Waals surface area contributed by atoms with Gasteiger partial charge in [-0.3, -0.25) is 9.59 Å². The third kappa shape index (κ3) is 4.69. The van der Waals surface area contributed by atoms with Crippen LogP contribution in [0, 0.1) is 12.8 Å². The van der Waals surface area contributed by atoms with E-state index in [1.807, 2.05) is 17.9 Å². The van der Waals surface area contributed by atoms with Gasteiger partial charge in [0, 0.05) is 57.4 Å². The second kappa shape index (κ2) is 9.35. The van der Waals surface area contributed by atoms with Gasteiger partial charge in [0.15, 0.2) is 0 Å². The number of hydrogen-bond donors (Lipinski definition) is 2. The van der Waals surface area contributed by atoms with E-state index in [0.717, 1.165) is 12.2 Å². The summed E-state index contributed by atoms with van der Waals surface area (Å²) in [7, 11) is -0.509. The fourth-order valence-corrected chi connectivity index (χ4v) is 6.70. The largest absolute Gasteiger partial charge is 0.380 e. The van der Waals surface area contributed by atoms with E-state index in [-0.39, 0.29) is 24.0 Å². The molecule has 2 fully saturated rings. The molecular formula is C26H37N7O4S. The molecule has 1 saturated carbocycles. The maximum atomic E-state index is 13.6. The lowest BCUT2D eigenvalue weighted by Crippen LogP contribution is -2.53. The van der Waals surface area contributed by atoms with Crippen LogP contribution in [-0.2, 0) is 16.6 Å². The highest BCUT2D eigenvalue weighted by atomic mass is 32.2. The van der Waals surface area contributed by atoms with Crippen molar-refractivity contribution < 1.29 is 18.0 Å². The van der Waals surface area contributed by atoms with Crippen LogP contribution in [0.3, 0.4) is 0 Å². The predicted molar refractivity (Wildman–Crippen MR) is 145 cm³/mol. The summed E-state index contributed by atoms with van der Waals surface area (Å²) in [6.45, 7) is 7.48. The Labute approximate surface area is 224 Å². The van der Waals surface area contributed by atoms with Crippen LogP contribution in [0.25, 0.3) is 5.69 Å². The Bertz CT molecular complexity index is 1390. The van der Waals surface area contributed by atoms with Crippen molar-refractivity contribution in [3.63, 3.8) is 0 Å². The molecule has 2 aromatic rings. The molecule has 1 aromatic heterocycles. The molecular weight excluding hydrogens is 506 g/mol. The lowest BCUT2D eigenvalue weighted by Gasteiger charge is -2.42. The average Bonchev–Trinajstić information content (AvgIpc) is 3.43. The van der Waals surface area contributed by atoms with Crippen LogP contribution < -0.4 is 11.1 Å². The maximum absolute atomic E-state index is 13.6. The number of fused-ring (bicyclic) bond motifs is 1. The van der Waals surface area contributed by atoms with Gasteiger partial charge < -0.3 is 16.0 Å². The van der Waals surface area contributed by atoms with Gasteiger partial charge in [-0.2, -0.15) is 22.1 Å². The topological polar surface area (TPSA) is 134 Å². The number of aryl methyl sites for hydroxylation is 1.